The zero-order chi connectivity index (χ0) is 12.3. The Bertz CT molecular complexity index is 346. The fourth-order valence-corrected chi connectivity index (χ4v) is 2.77. The Hall–Kier alpha value is -0.380. The van der Waals surface area contributed by atoms with E-state index in [4.69, 9.17) is 0 Å². The van der Waals surface area contributed by atoms with Crippen LogP contribution in [0.15, 0.2) is 28.7 Å². The van der Waals surface area contributed by atoms with E-state index in [-0.39, 0.29) is 6.04 Å². The standard InChI is InChI=1S/C14H20BrNO/c1-10(16-13-4-2-3-5-13)14(17)11-6-8-12(15)9-7-11/h6-10,13-14,16-17H,2-5H2,1H3. The van der Waals surface area contributed by atoms with Crippen molar-refractivity contribution >= 4 is 15.9 Å². The van der Waals surface area contributed by atoms with Crippen molar-refractivity contribution in [3.63, 3.8) is 0 Å². The van der Waals surface area contributed by atoms with Crippen LogP contribution in [0.5, 0.6) is 0 Å². The van der Waals surface area contributed by atoms with Gasteiger partial charge in [-0.2, -0.15) is 0 Å². The van der Waals surface area contributed by atoms with Crippen LogP contribution in [0.1, 0.15) is 44.3 Å². The molecular formula is C14H20BrNO. The van der Waals surface area contributed by atoms with Crippen LogP contribution in [-0.2, 0) is 0 Å². The molecule has 0 saturated heterocycles. The van der Waals surface area contributed by atoms with E-state index in [0.29, 0.717) is 6.04 Å². The predicted octanol–water partition coefficient (Wildman–Crippen LogP) is 3.40. The lowest BCUT2D eigenvalue weighted by atomic mass is 10.0. The van der Waals surface area contributed by atoms with Crippen LogP contribution in [0, 0.1) is 0 Å². The molecule has 17 heavy (non-hydrogen) atoms. The van der Waals surface area contributed by atoms with Crippen LogP contribution in [0.3, 0.4) is 0 Å². The molecule has 2 rings (SSSR count). The molecule has 2 N–H and O–H groups in total. The Kier molecular flexibility index (Phi) is 4.60. The lowest BCUT2D eigenvalue weighted by Gasteiger charge is -2.24. The maximum atomic E-state index is 10.3. The number of rotatable bonds is 4. The summed E-state index contributed by atoms with van der Waals surface area (Å²) < 4.78 is 1.05. The molecule has 1 aromatic carbocycles. The normalized spacial score (nSPS) is 20.4. The van der Waals surface area contributed by atoms with Crippen LogP contribution in [0.25, 0.3) is 0 Å². The Morgan fingerprint density at radius 1 is 1.24 bits per heavy atom. The summed E-state index contributed by atoms with van der Waals surface area (Å²) in [6.07, 6.45) is 4.70. The highest BCUT2D eigenvalue weighted by molar-refractivity contribution is 9.10. The molecule has 0 amide bonds. The quantitative estimate of drug-likeness (QED) is 0.893. The van der Waals surface area contributed by atoms with E-state index in [9.17, 15) is 5.11 Å². The summed E-state index contributed by atoms with van der Waals surface area (Å²) in [6, 6.07) is 8.60. The van der Waals surface area contributed by atoms with Gasteiger partial charge in [-0.1, -0.05) is 40.9 Å². The van der Waals surface area contributed by atoms with E-state index in [1.54, 1.807) is 0 Å². The monoisotopic (exact) mass is 297 g/mol. The van der Waals surface area contributed by atoms with E-state index >= 15 is 0 Å². The second-order valence-corrected chi connectivity index (χ2v) is 5.85. The van der Waals surface area contributed by atoms with Crippen LogP contribution >= 0.6 is 15.9 Å². The molecule has 0 radical (unpaired) electrons. The van der Waals surface area contributed by atoms with E-state index in [2.05, 4.69) is 28.2 Å². The van der Waals surface area contributed by atoms with Gasteiger partial charge in [-0.25, -0.2) is 0 Å². The van der Waals surface area contributed by atoms with E-state index in [0.717, 1.165) is 10.0 Å². The van der Waals surface area contributed by atoms with Gasteiger partial charge in [0.25, 0.3) is 0 Å². The van der Waals surface area contributed by atoms with Crippen molar-refractivity contribution < 1.29 is 5.11 Å². The molecule has 94 valence electrons. The fourth-order valence-electron chi connectivity index (χ4n) is 2.50. The van der Waals surface area contributed by atoms with Crippen LogP contribution in [0.2, 0.25) is 0 Å². The molecule has 2 unspecified atom stereocenters. The number of hydrogen-bond donors (Lipinski definition) is 2. The largest absolute Gasteiger partial charge is 0.387 e. The number of aliphatic hydroxyl groups excluding tert-OH is 1. The lowest BCUT2D eigenvalue weighted by Crippen LogP contribution is -2.38. The number of halogens is 1. The summed E-state index contributed by atoms with van der Waals surface area (Å²) in [5.41, 5.74) is 0.978. The van der Waals surface area contributed by atoms with Gasteiger partial charge in [-0.3, -0.25) is 0 Å². The van der Waals surface area contributed by atoms with Gasteiger partial charge in [0, 0.05) is 16.6 Å². The van der Waals surface area contributed by atoms with Gasteiger partial charge in [0.15, 0.2) is 0 Å². The highest BCUT2D eigenvalue weighted by atomic mass is 79.9. The number of nitrogens with one attached hydrogen (secondary N) is 1. The minimum Gasteiger partial charge on any atom is -0.387 e. The summed E-state index contributed by atoms with van der Waals surface area (Å²) in [5, 5.41) is 13.8. The number of hydrogen-bond acceptors (Lipinski definition) is 2. The lowest BCUT2D eigenvalue weighted by molar-refractivity contribution is 0.129. The average Bonchev–Trinajstić information content (AvgIpc) is 2.82. The zero-order valence-electron chi connectivity index (χ0n) is 10.2. The van der Waals surface area contributed by atoms with Crippen molar-refractivity contribution in [1.29, 1.82) is 0 Å². The maximum Gasteiger partial charge on any atom is 0.0940 e. The van der Waals surface area contributed by atoms with E-state index in [1.165, 1.54) is 25.7 Å². The Morgan fingerprint density at radius 2 is 1.82 bits per heavy atom. The molecule has 2 nitrogen and oxygen atoms in total. The molecule has 0 spiro atoms. The second-order valence-electron chi connectivity index (χ2n) is 4.93. The van der Waals surface area contributed by atoms with Crippen LogP contribution < -0.4 is 5.32 Å². The number of aliphatic hydroxyl groups is 1. The van der Waals surface area contributed by atoms with Crippen molar-refractivity contribution in [3.05, 3.63) is 34.3 Å². The first-order valence-corrected chi connectivity index (χ1v) is 7.15. The molecule has 3 heteroatoms. The highest BCUT2D eigenvalue weighted by Gasteiger charge is 2.21. The second kappa shape index (κ2) is 5.98. The zero-order valence-corrected chi connectivity index (χ0v) is 11.8. The van der Waals surface area contributed by atoms with Crippen molar-refractivity contribution in [1.82, 2.24) is 5.32 Å². The number of benzene rings is 1. The molecule has 1 aliphatic carbocycles. The van der Waals surface area contributed by atoms with Crippen molar-refractivity contribution in [2.24, 2.45) is 0 Å². The highest BCUT2D eigenvalue weighted by Crippen LogP contribution is 2.23. The van der Waals surface area contributed by atoms with Gasteiger partial charge in [0.1, 0.15) is 0 Å². The topological polar surface area (TPSA) is 32.3 Å². The van der Waals surface area contributed by atoms with Gasteiger partial charge < -0.3 is 10.4 Å². The third kappa shape index (κ3) is 3.54. The van der Waals surface area contributed by atoms with Crippen molar-refractivity contribution in [2.75, 3.05) is 0 Å². The summed E-state index contributed by atoms with van der Waals surface area (Å²) in [6.45, 7) is 2.06. The van der Waals surface area contributed by atoms with Crippen molar-refractivity contribution in [2.45, 2.75) is 50.8 Å². The van der Waals surface area contributed by atoms with Crippen LogP contribution in [-0.4, -0.2) is 17.2 Å². The molecule has 0 aliphatic heterocycles. The first kappa shape index (κ1) is 13.1. The van der Waals surface area contributed by atoms with Gasteiger partial charge in [-0.15, -0.1) is 0 Å². The molecule has 0 aromatic heterocycles. The SMILES string of the molecule is CC(NC1CCCC1)C(O)c1ccc(Br)cc1. The Morgan fingerprint density at radius 3 is 2.41 bits per heavy atom. The average molecular weight is 298 g/mol. The third-order valence-electron chi connectivity index (χ3n) is 3.54. The van der Waals surface area contributed by atoms with Gasteiger partial charge >= 0.3 is 0 Å². The summed E-state index contributed by atoms with van der Waals surface area (Å²) in [5.74, 6) is 0. The fraction of sp³-hybridized carbons (Fsp3) is 0.571. The summed E-state index contributed by atoms with van der Waals surface area (Å²) in [4.78, 5) is 0. The molecule has 1 aliphatic rings. The maximum absolute atomic E-state index is 10.3. The molecule has 1 saturated carbocycles. The molecule has 0 bridgehead atoms. The Labute approximate surface area is 112 Å². The van der Waals surface area contributed by atoms with E-state index < -0.39 is 6.10 Å². The van der Waals surface area contributed by atoms with Gasteiger partial charge in [0.05, 0.1) is 6.10 Å². The Balaban J connectivity index is 1.93. The van der Waals surface area contributed by atoms with Gasteiger partial charge in [0.2, 0.25) is 0 Å². The van der Waals surface area contributed by atoms with Crippen molar-refractivity contribution in [3.8, 4) is 0 Å². The molecule has 0 heterocycles. The first-order valence-electron chi connectivity index (χ1n) is 6.36. The molecule has 1 aromatic rings. The minimum atomic E-state index is -0.427. The van der Waals surface area contributed by atoms with E-state index in [1.807, 2.05) is 24.3 Å². The molecule has 2 atom stereocenters. The minimum absolute atomic E-state index is 0.110. The predicted molar refractivity (Wildman–Crippen MR) is 74.0 cm³/mol. The first-order chi connectivity index (χ1) is 8.16. The molecule has 1 fully saturated rings. The summed E-state index contributed by atoms with van der Waals surface area (Å²) in [7, 11) is 0. The van der Waals surface area contributed by atoms with Gasteiger partial charge in [-0.05, 0) is 37.5 Å². The third-order valence-corrected chi connectivity index (χ3v) is 4.07. The molecular weight excluding hydrogens is 278 g/mol. The summed E-state index contributed by atoms with van der Waals surface area (Å²) >= 11 is 3.41. The van der Waals surface area contributed by atoms with Crippen LogP contribution in [0.4, 0.5) is 0 Å². The smallest absolute Gasteiger partial charge is 0.0940 e.